The van der Waals surface area contributed by atoms with Crippen molar-refractivity contribution >= 4 is 16.9 Å². The minimum Gasteiger partial charge on any atom is -0.507 e. The van der Waals surface area contributed by atoms with Gasteiger partial charge in [-0.15, -0.1) is 0 Å². The molecule has 0 spiro atoms. The van der Waals surface area contributed by atoms with Gasteiger partial charge in [0.2, 0.25) is 0 Å². The number of nitrogens with zero attached hydrogens (tertiary/aromatic N) is 1. The molecule has 6 heteroatoms. The molecule has 0 unspecified atom stereocenters. The molecule has 1 saturated carbocycles. The number of rotatable bonds is 5. The van der Waals surface area contributed by atoms with E-state index in [2.05, 4.69) is 6.92 Å². The largest absolute Gasteiger partial charge is 0.507 e. The first-order valence-corrected chi connectivity index (χ1v) is 11.4. The number of hydrogen-bond donors (Lipinski definition) is 3. The highest BCUT2D eigenvalue weighted by Gasteiger charge is 2.47. The molecule has 0 aliphatic heterocycles. The number of carboxylic acid groups (broad SMARTS) is 1. The van der Waals surface area contributed by atoms with Crippen LogP contribution in [-0.2, 0) is 15.6 Å². The molecule has 0 amide bonds. The zero-order chi connectivity index (χ0) is 24.2. The Bertz CT molecular complexity index is 1200. The molecule has 5 nitrogen and oxygen atoms in total. The molecule has 176 valence electrons. The molecule has 2 aromatic carbocycles. The number of hydrogen-bond acceptors (Lipinski definition) is 3. The summed E-state index contributed by atoms with van der Waals surface area (Å²) in [6.07, 6.45) is 2.33. The lowest BCUT2D eigenvalue weighted by Crippen LogP contribution is -2.40. The fourth-order valence-electron chi connectivity index (χ4n) is 5.30. The van der Waals surface area contributed by atoms with Crippen molar-refractivity contribution in [2.24, 2.45) is 5.41 Å². The van der Waals surface area contributed by atoms with Gasteiger partial charge in [-0.25, -0.2) is 4.39 Å². The number of aliphatic carboxylic acids is 1. The predicted octanol–water partition coefficient (Wildman–Crippen LogP) is 5.67. The predicted molar refractivity (Wildman–Crippen MR) is 127 cm³/mol. The Labute approximate surface area is 193 Å². The molecule has 1 fully saturated rings. The average molecular weight is 454 g/mol. The second-order valence-electron chi connectivity index (χ2n) is 10.7. The van der Waals surface area contributed by atoms with Gasteiger partial charge in [0.25, 0.3) is 0 Å². The third-order valence-corrected chi connectivity index (χ3v) is 7.67. The summed E-state index contributed by atoms with van der Waals surface area (Å²) < 4.78 is 15.7. The van der Waals surface area contributed by atoms with Crippen LogP contribution in [0.2, 0.25) is 0 Å². The Morgan fingerprint density at radius 1 is 1.06 bits per heavy atom. The van der Waals surface area contributed by atoms with Gasteiger partial charge < -0.3 is 19.9 Å². The van der Waals surface area contributed by atoms with Crippen molar-refractivity contribution in [3.05, 3.63) is 59.5 Å². The molecule has 1 aliphatic carbocycles. The number of carboxylic acids is 1. The Kier molecular flexibility index (Phi) is 5.56. The first-order chi connectivity index (χ1) is 15.4. The monoisotopic (exact) mass is 453 g/mol. The number of aliphatic hydroxyl groups excluding tert-OH is 1. The lowest BCUT2D eigenvalue weighted by Gasteiger charge is -2.43. The van der Waals surface area contributed by atoms with Crippen LogP contribution in [0.25, 0.3) is 16.6 Å². The van der Waals surface area contributed by atoms with Gasteiger partial charge >= 0.3 is 5.97 Å². The second-order valence-corrected chi connectivity index (χ2v) is 10.7. The summed E-state index contributed by atoms with van der Waals surface area (Å²) in [5.41, 5.74) is 1.46. The molecule has 33 heavy (non-hydrogen) atoms. The number of phenols is 1. The molecule has 3 aromatic rings. The summed E-state index contributed by atoms with van der Waals surface area (Å²) >= 11 is 0. The van der Waals surface area contributed by atoms with Gasteiger partial charge in [0.15, 0.2) is 0 Å². The Morgan fingerprint density at radius 2 is 1.67 bits per heavy atom. The topological polar surface area (TPSA) is 82.7 Å². The Hall–Kier alpha value is -2.86. The Morgan fingerprint density at radius 3 is 2.21 bits per heavy atom. The van der Waals surface area contributed by atoms with Crippen molar-refractivity contribution in [3.8, 4) is 11.4 Å². The third kappa shape index (κ3) is 3.70. The Balaban J connectivity index is 2.05. The zero-order valence-electron chi connectivity index (χ0n) is 19.7. The average Bonchev–Trinajstić information content (AvgIpc) is 3.15. The van der Waals surface area contributed by atoms with E-state index in [1.54, 1.807) is 31.2 Å². The van der Waals surface area contributed by atoms with E-state index in [4.69, 9.17) is 0 Å². The van der Waals surface area contributed by atoms with Gasteiger partial charge in [-0.2, -0.15) is 0 Å². The fourth-order valence-corrected chi connectivity index (χ4v) is 5.30. The molecule has 0 atom stereocenters. The quantitative estimate of drug-likeness (QED) is 0.465. The molecule has 1 aromatic heterocycles. The number of halogens is 1. The third-order valence-electron chi connectivity index (χ3n) is 7.67. The fraction of sp³-hybridized carbons (Fsp3) is 0.444. The van der Waals surface area contributed by atoms with E-state index in [1.807, 2.05) is 24.5 Å². The first kappa shape index (κ1) is 23.3. The van der Waals surface area contributed by atoms with Crippen molar-refractivity contribution in [2.45, 2.75) is 64.2 Å². The van der Waals surface area contributed by atoms with Gasteiger partial charge in [0, 0.05) is 22.2 Å². The standard InChI is InChI=1S/C27H32FNO4/c1-25(2,16-30)23-22(26(3)12-14-27(4,15-13-26)24(32)33)21-19(6-5-7-20(21)31)29(23)18-10-8-17(28)9-11-18/h5-11,30-31H,12-16H2,1-4H3,(H,32,33)/t26-,27+. The van der Waals surface area contributed by atoms with Crippen LogP contribution in [0.3, 0.4) is 0 Å². The highest BCUT2D eigenvalue weighted by Crippen LogP contribution is 2.53. The minimum atomic E-state index is -0.781. The number of aromatic nitrogens is 1. The number of fused-ring (bicyclic) bond motifs is 1. The molecule has 0 bridgehead atoms. The smallest absolute Gasteiger partial charge is 0.309 e. The first-order valence-electron chi connectivity index (χ1n) is 11.4. The molecule has 1 aliphatic rings. The number of aromatic hydroxyl groups is 1. The molecular formula is C27H32FNO4. The van der Waals surface area contributed by atoms with E-state index in [0.29, 0.717) is 31.1 Å². The van der Waals surface area contributed by atoms with Crippen LogP contribution >= 0.6 is 0 Å². The van der Waals surface area contributed by atoms with E-state index in [0.717, 1.165) is 22.5 Å². The summed E-state index contributed by atoms with van der Waals surface area (Å²) in [5.74, 6) is -0.975. The van der Waals surface area contributed by atoms with E-state index >= 15 is 0 Å². The van der Waals surface area contributed by atoms with Gasteiger partial charge in [-0.05, 0) is 80.0 Å². The van der Waals surface area contributed by atoms with Gasteiger partial charge in [0.1, 0.15) is 11.6 Å². The number of carbonyl (C=O) groups is 1. The highest BCUT2D eigenvalue weighted by atomic mass is 19.1. The van der Waals surface area contributed by atoms with Crippen LogP contribution in [0.1, 0.15) is 64.6 Å². The SMILES string of the molecule is CC(C)(CO)c1c([C@]2(C)CC[C@](C)(C(=O)O)CC2)c2c(O)cccc2n1-c1ccc(F)cc1. The van der Waals surface area contributed by atoms with Crippen LogP contribution in [-0.4, -0.2) is 32.5 Å². The minimum absolute atomic E-state index is 0.124. The van der Waals surface area contributed by atoms with Gasteiger partial charge in [-0.3, -0.25) is 4.79 Å². The molecule has 0 radical (unpaired) electrons. The molecule has 3 N–H and O–H groups in total. The summed E-state index contributed by atoms with van der Waals surface area (Å²) in [7, 11) is 0. The van der Waals surface area contributed by atoms with Crippen molar-refractivity contribution < 1.29 is 24.5 Å². The van der Waals surface area contributed by atoms with Crippen LogP contribution in [0, 0.1) is 11.2 Å². The summed E-state index contributed by atoms with van der Waals surface area (Å²) in [4.78, 5) is 11.9. The van der Waals surface area contributed by atoms with Gasteiger partial charge in [-0.1, -0.05) is 26.8 Å². The second kappa shape index (κ2) is 7.87. The maximum Gasteiger partial charge on any atom is 0.309 e. The maximum absolute atomic E-state index is 13.7. The summed E-state index contributed by atoms with van der Waals surface area (Å²) in [6.45, 7) is 7.71. The van der Waals surface area contributed by atoms with Crippen molar-refractivity contribution in [1.82, 2.24) is 4.57 Å². The number of benzene rings is 2. The van der Waals surface area contributed by atoms with E-state index < -0.39 is 22.2 Å². The normalized spacial score (nSPS) is 23.7. The molecular weight excluding hydrogens is 421 g/mol. The van der Waals surface area contributed by atoms with E-state index in [9.17, 15) is 24.5 Å². The summed E-state index contributed by atoms with van der Waals surface area (Å²) in [5, 5.41) is 31.9. The van der Waals surface area contributed by atoms with Crippen molar-refractivity contribution in [3.63, 3.8) is 0 Å². The highest BCUT2D eigenvalue weighted by molar-refractivity contribution is 5.94. The molecule has 0 saturated heterocycles. The van der Waals surface area contributed by atoms with Gasteiger partial charge in [0.05, 0.1) is 17.5 Å². The number of phenolic OH excluding ortho intramolecular Hbond substituents is 1. The van der Waals surface area contributed by atoms with Crippen molar-refractivity contribution in [2.75, 3.05) is 6.61 Å². The maximum atomic E-state index is 13.7. The van der Waals surface area contributed by atoms with Crippen LogP contribution in [0.4, 0.5) is 4.39 Å². The molecule has 1 heterocycles. The zero-order valence-corrected chi connectivity index (χ0v) is 19.7. The van der Waals surface area contributed by atoms with Crippen LogP contribution < -0.4 is 0 Å². The lowest BCUT2D eigenvalue weighted by molar-refractivity contribution is -0.150. The van der Waals surface area contributed by atoms with Crippen LogP contribution in [0.5, 0.6) is 5.75 Å². The van der Waals surface area contributed by atoms with E-state index in [-0.39, 0.29) is 18.2 Å². The van der Waals surface area contributed by atoms with Crippen molar-refractivity contribution in [1.29, 1.82) is 0 Å². The molecule has 4 rings (SSSR count). The summed E-state index contributed by atoms with van der Waals surface area (Å²) in [6, 6.07) is 11.6. The van der Waals surface area contributed by atoms with Crippen LogP contribution in [0.15, 0.2) is 42.5 Å². The lowest BCUT2D eigenvalue weighted by atomic mass is 9.61. The number of aliphatic hydroxyl groups is 1. The van der Waals surface area contributed by atoms with E-state index in [1.165, 1.54) is 12.1 Å².